The Balaban J connectivity index is 2.01. The third-order valence-corrected chi connectivity index (χ3v) is 4.32. The molecule has 1 aliphatic rings. The summed E-state index contributed by atoms with van der Waals surface area (Å²) in [6.45, 7) is 1.61. The molecule has 1 N–H and O–H groups in total. The van der Waals surface area contributed by atoms with E-state index in [4.69, 9.17) is 0 Å². The maximum absolute atomic E-state index is 11.1. The van der Waals surface area contributed by atoms with Crippen LogP contribution in [-0.4, -0.2) is 30.9 Å². The van der Waals surface area contributed by atoms with Crippen molar-refractivity contribution >= 4 is 5.91 Å². The van der Waals surface area contributed by atoms with Crippen LogP contribution in [0.1, 0.15) is 44.2 Å². The highest BCUT2D eigenvalue weighted by molar-refractivity contribution is 5.73. The van der Waals surface area contributed by atoms with Crippen molar-refractivity contribution in [1.29, 1.82) is 0 Å². The minimum atomic E-state index is 0.0978. The summed E-state index contributed by atoms with van der Waals surface area (Å²) in [4.78, 5) is 13.5. The number of nitrogens with zero attached hydrogens (tertiary/aromatic N) is 1. The number of rotatable bonds is 4. The second-order valence-corrected chi connectivity index (χ2v) is 6.13. The van der Waals surface area contributed by atoms with Gasteiger partial charge in [-0.2, -0.15) is 0 Å². The highest BCUT2D eigenvalue weighted by Gasteiger charge is 2.29. The molecule has 1 unspecified atom stereocenters. The van der Waals surface area contributed by atoms with Gasteiger partial charge in [-0.15, -0.1) is 0 Å². The van der Waals surface area contributed by atoms with E-state index in [2.05, 4.69) is 54.6 Å². The summed E-state index contributed by atoms with van der Waals surface area (Å²) in [5.74, 6) is 0.776. The van der Waals surface area contributed by atoms with Crippen molar-refractivity contribution < 1.29 is 4.79 Å². The van der Waals surface area contributed by atoms with Gasteiger partial charge in [-0.25, -0.2) is 0 Å². The Kier molecular flexibility index (Phi) is 5.18. The minimum Gasteiger partial charge on any atom is -0.354 e. The number of carbonyl (C=O) groups excluding carboxylic acids is 1. The number of hydrogen-bond acceptors (Lipinski definition) is 2. The molecule has 3 nitrogen and oxygen atoms in total. The van der Waals surface area contributed by atoms with Crippen molar-refractivity contribution in [2.45, 2.75) is 44.7 Å². The first-order valence-corrected chi connectivity index (χ1v) is 7.56. The van der Waals surface area contributed by atoms with E-state index in [1.54, 1.807) is 6.92 Å². The molecule has 0 heterocycles. The summed E-state index contributed by atoms with van der Waals surface area (Å²) in [5, 5.41) is 3.06. The monoisotopic (exact) mass is 274 g/mol. The van der Waals surface area contributed by atoms with Gasteiger partial charge in [-0.05, 0) is 51.3 Å². The zero-order valence-electron chi connectivity index (χ0n) is 12.8. The molecule has 0 aromatic heterocycles. The van der Waals surface area contributed by atoms with Gasteiger partial charge in [0, 0.05) is 19.0 Å². The van der Waals surface area contributed by atoms with Gasteiger partial charge in [0.15, 0.2) is 0 Å². The Labute approximate surface area is 122 Å². The summed E-state index contributed by atoms with van der Waals surface area (Å²) >= 11 is 0. The molecule has 0 radical (unpaired) electrons. The molecule has 110 valence electrons. The van der Waals surface area contributed by atoms with Crippen LogP contribution in [0, 0.1) is 5.92 Å². The van der Waals surface area contributed by atoms with Crippen LogP contribution in [0.2, 0.25) is 0 Å². The molecule has 1 fully saturated rings. The van der Waals surface area contributed by atoms with Crippen LogP contribution in [0.4, 0.5) is 0 Å². The first-order chi connectivity index (χ1) is 9.58. The Morgan fingerprint density at radius 3 is 2.25 bits per heavy atom. The van der Waals surface area contributed by atoms with Crippen molar-refractivity contribution in [1.82, 2.24) is 10.2 Å². The van der Waals surface area contributed by atoms with Crippen molar-refractivity contribution in [3.8, 4) is 0 Å². The van der Waals surface area contributed by atoms with Gasteiger partial charge in [-0.3, -0.25) is 4.79 Å². The third kappa shape index (κ3) is 3.83. The summed E-state index contributed by atoms with van der Waals surface area (Å²) in [6, 6.07) is 11.6. The SMILES string of the molecule is CC(=O)NC1CCC(C(c2ccccc2)N(C)C)CC1. The maximum Gasteiger partial charge on any atom is 0.217 e. The molecule has 0 bridgehead atoms. The van der Waals surface area contributed by atoms with E-state index in [0.717, 1.165) is 12.8 Å². The highest BCUT2D eigenvalue weighted by atomic mass is 16.1. The quantitative estimate of drug-likeness (QED) is 0.915. The molecule has 1 atom stereocenters. The number of nitrogens with one attached hydrogen (secondary N) is 1. The van der Waals surface area contributed by atoms with Crippen LogP contribution in [-0.2, 0) is 4.79 Å². The first kappa shape index (κ1) is 15.0. The molecule has 1 aliphatic carbocycles. The smallest absolute Gasteiger partial charge is 0.217 e. The molecule has 3 heteroatoms. The van der Waals surface area contributed by atoms with E-state index in [0.29, 0.717) is 18.0 Å². The van der Waals surface area contributed by atoms with Crippen molar-refractivity contribution in [2.75, 3.05) is 14.1 Å². The van der Waals surface area contributed by atoms with Gasteiger partial charge in [0.05, 0.1) is 0 Å². The zero-order chi connectivity index (χ0) is 14.5. The van der Waals surface area contributed by atoms with Crippen molar-refractivity contribution in [3.05, 3.63) is 35.9 Å². The molecule has 1 saturated carbocycles. The molecule has 1 aromatic rings. The molecule has 20 heavy (non-hydrogen) atoms. The molecule has 0 spiro atoms. The van der Waals surface area contributed by atoms with E-state index in [-0.39, 0.29) is 5.91 Å². The lowest BCUT2D eigenvalue weighted by molar-refractivity contribution is -0.119. The topological polar surface area (TPSA) is 32.3 Å². The fourth-order valence-electron chi connectivity index (χ4n) is 3.51. The Morgan fingerprint density at radius 2 is 1.75 bits per heavy atom. The summed E-state index contributed by atoms with van der Waals surface area (Å²) < 4.78 is 0. The second kappa shape index (κ2) is 6.89. The predicted molar refractivity (Wildman–Crippen MR) is 82.4 cm³/mol. The predicted octanol–water partition coefficient (Wildman–Crippen LogP) is 2.98. The minimum absolute atomic E-state index is 0.0978. The van der Waals surface area contributed by atoms with Crippen LogP contribution in [0.3, 0.4) is 0 Å². The molecule has 0 aliphatic heterocycles. The fourth-order valence-corrected chi connectivity index (χ4v) is 3.51. The molecule has 0 saturated heterocycles. The number of carbonyl (C=O) groups is 1. The standard InChI is InChI=1S/C17H26N2O/c1-13(20)18-16-11-9-15(10-12-16)17(19(2)3)14-7-5-4-6-8-14/h4-8,15-17H,9-12H2,1-3H3,(H,18,20). The molecular formula is C17H26N2O. The summed E-state index contributed by atoms with van der Waals surface area (Å²) in [5.41, 5.74) is 1.40. The van der Waals surface area contributed by atoms with Crippen molar-refractivity contribution in [2.24, 2.45) is 5.92 Å². The van der Waals surface area contributed by atoms with Crippen LogP contribution < -0.4 is 5.32 Å². The average molecular weight is 274 g/mol. The van der Waals surface area contributed by atoms with E-state index in [9.17, 15) is 4.79 Å². The van der Waals surface area contributed by atoms with E-state index >= 15 is 0 Å². The lowest BCUT2D eigenvalue weighted by atomic mass is 9.78. The maximum atomic E-state index is 11.1. The molecule has 2 rings (SSSR count). The zero-order valence-corrected chi connectivity index (χ0v) is 12.8. The Morgan fingerprint density at radius 1 is 1.15 bits per heavy atom. The molecule has 1 aromatic carbocycles. The fraction of sp³-hybridized carbons (Fsp3) is 0.588. The number of hydrogen-bond donors (Lipinski definition) is 1. The lowest BCUT2D eigenvalue weighted by Crippen LogP contribution is -2.38. The third-order valence-electron chi connectivity index (χ3n) is 4.32. The highest BCUT2D eigenvalue weighted by Crippen LogP contribution is 2.37. The van der Waals surface area contributed by atoms with Gasteiger partial charge >= 0.3 is 0 Å². The van der Waals surface area contributed by atoms with Crippen LogP contribution in [0.15, 0.2) is 30.3 Å². The molecule has 1 amide bonds. The van der Waals surface area contributed by atoms with E-state index in [1.165, 1.54) is 18.4 Å². The Bertz CT molecular complexity index is 422. The van der Waals surface area contributed by atoms with Gasteiger partial charge in [0.2, 0.25) is 5.91 Å². The Hall–Kier alpha value is -1.35. The van der Waals surface area contributed by atoms with E-state index in [1.807, 2.05) is 0 Å². The second-order valence-electron chi connectivity index (χ2n) is 6.13. The lowest BCUT2D eigenvalue weighted by Gasteiger charge is -2.37. The van der Waals surface area contributed by atoms with Gasteiger partial charge < -0.3 is 10.2 Å². The van der Waals surface area contributed by atoms with Gasteiger partial charge in [0.25, 0.3) is 0 Å². The van der Waals surface area contributed by atoms with Crippen LogP contribution in [0.5, 0.6) is 0 Å². The van der Waals surface area contributed by atoms with Gasteiger partial charge in [0.1, 0.15) is 0 Å². The summed E-state index contributed by atoms with van der Waals surface area (Å²) in [7, 11) is 4.33. The number of amides is 1. The summed E-state index contributed by atoms with van der Waals surface area (Å²) in [6.07, 6.45) is 4.56. The average Bonchev–Trinajstić information content (AvgIpc) is 2.41. The normalized spacial score (nSPS) is 24.4. The first-order valence-electron chi connectivity index (χ1n) is 7.56. The van der Waals surface area contributed by atoms with E-state index < -0.39 is 0 Å². The van der Waals surface area contributed by atoms with Crippen LogP contribution >= 0.6 is 0 Å². The number of benzene rings is 1. The molecular weight excluding hydrogens is 248 g/mol. The van der Waals surface area contributed by atoms with Crippen molar-refractivity contribution in [3.63, 3.8) is 0 Å². The van der Waals surface area contributed by atoms with Gasteiger partial charge in [-0.1, -0.05) is 30.3 Å². The largest absolute Gasteiger partial charge is 0.354 e. The van der Waals surface area contributed by atoms with Crippen LogP contribution in [0.25, 0.3) is 0 Å².